The lowest BCUT2D eigenvalue weighted by atomic mass is 10.1. The lowest BCUT2D eigenvalue weighted by molar-refractivity contribution is -0.125. The molecule has 0 heterocycles. The van der Waals surface area contributed by atoms with Crippen LogP contribution in [0.15, 0.2) is 18.2 Å². The van der Waals surface area contributed by atoms with Gasteiger partial charge in [-0.15, -0.1) is 0 Å². The largest absolute Gasteiger partial charge is 0.462 e. The van der Waals surface area contributed by atoms with E-state index < -0.39 is 17.8 Å². The van der Waals surface area contributed by atoms with Crippen LogP contribution in [-0.2, 0) is 23.9 Å². The second kappa shape index (κ2) is 9.31. The number of benzene rings is 1. The molecule has 0 saturated heterocycles. The molecular formula is C17H20N2O6. The van der Waals surface area contributed by atoms with E-state index >= 15 is 0 Å². The Kier molecular flexibility index (Phi) is 7.45. The SMILES string of the molecule is CCOC(=O)c1cc(NC(=O)CC(C)=O)ccc1NC(=O)CC(C)=O. The summed E-state index contributed by atoms with van der Waals surface area (Å²) in [5.41, 5.74) is 0.465. The van der Waals surface area contributed by atoms with Gasteiger partial charge in [-0.25, -0.2) is 4.79 Å². The number of ether oxygens (including phenoxy) is 1. The zero-order valence-electron chi connectivity index (χ0n) is 14.3. The Morgan fingerprint density at radius 2 is 1.48 bits per heavy atom. The summed E-state index contributed by atoms with van der Waals surface area (Å²) in [6.07, 6.45) is -0.606. The molecule has 0 fully saturated rings. The van der Waals surface area contributed by atoms with E-state index in [-0.39, 0.29) is 48.0 Å². The van der Waals surface area contributed by atoms with E-state index in [4.69, 9.17) is 4.74 Å². The van der Waals surface area contributed by atoms with Crippen LogP contribution >= 0.6 is 0 Å². The first-order chi connectivity index (χ1) is 11.7. The predicted molar refractivity (Wildman–Crippen MR) is 90.3 cm³/mol. The molecule has 0 aliphatic heterocycles. The molecule has 8 nitrogen and oxygen atoms in total. The highest BCUT2D eigenvalue weighted by molar-refractivity contribution is 6.08. The average Bonchev–Trinajstić information content (AvgIpc) is 2.47. The summed E-state index contributed by atoms with van der Waals surface area (Å²) >= 11 is 0. The molecule has 25 heavy (non-hydrogen) atoms. The molecular weight excluding hydrogens is 328 g/mol. The van der Waals surface area contributed by atoms with Crippen LogP contribution in [0.2, 0.25) is 0 Å². The Morgan fingerprint density at radius 1 is 0.920 bits per heavy atom. The van der Waals surface area contributed by atoms with Crippen molar-refractivity contribution in [3.63, 3.8) is 0 Å². The topological polar surface area (TPSA) is 119 Å². The first-order valence-corrected chi connectivity index (χ1v) is 7.62. The summed E-state index contributed by atoms with van der Waals surface area (Å²) in [7, 11) is 0. The number of ketones is 2. The van der Waals surface area contributed by atoms with Crippen LogP contribution in [0.5, 0.6) is 0 Å². The number of esters is 1. The average molecular weight is 348 g/mol. The van der Waals surface area contributed by atoms with Crippen molar-refractivity contribution in [3.8, 4) is 0 Å². The quantitative estimate of drug-likeness (QED) is 0.545. The number of nitrogens with one attached hydrogen (secondary N) is 2. The fourth-order valence-electron chi connectivity index (χ4n) is 1.96. The summed E-state index contributed by atoms with van der Waals surface area (Å²) in [5, 5.41) is 4.96. The van der Waals surface area contributed by atoms with Crippen LogP contribution in [0.25, 0.3) is 0 Å². The maximum absolute atomic E-state index is 12.1. The van der Waals surface area contributed by atoms with Gasteiger partial charge in [0, 0.05) is 5.69 Å². The first-order valence-electron chi connectivity index (χ1n) is 7.62. The van der Waals surface area contributed by atoms with E-state index in [0.29, 0.717) is 0 Å². The Morgan fingerprint density at radius 3 is 2.00 bits per heavy atom. The van der Waals surface area contributed by atoms with Gasteiger partial charge in [-0.1, -0.05) is 0 Å². The van der Waals surface area contributed by atoms with Crippen LogP contribution < -0.4 is 10.6 Å². The number of carbonyl (C=O) groups is 5. The van der Waals surface area contributed by atoms with Gasteiger partial charge in [0.15, 0.2) is 0 Å². The third-order valence-corrected chi connectivity index (χ3v) is 2.89. The molecule has 0 saturated carbocycles. The Hall–Kier alpha value is -3.03. The minimum Gasteiger partial charge on any atom is -0.462 e. The molecule has 2 N–H and O–H groups in total. The number of rotatable bonds is 8. The maximum Gasteiger partial charge on any atom is 0.340 e. The number of Topliss-reactive ketones (excluding diaryl/α,β-unsaturated/α-hetero) is 2. The first kappa shape index (κ1) is 20.0. The van der Waals surface area contributed by atoms with Crippen molar-refractivity contribution in [2.24, 2.45) is 0 Å². The molecule has 0 spiro atoms. The second-order valence-corrected chi connectivity index (χ2v) is 5.33. The molecule has 134 valence electrons. The molecule has 0 aromatic heterocycles. The summed E-state index contributed by atoms with van der Waals surface area (Å²) in [4.78, 5) is 57.4. The zero-order valence-corrected chi connectivity index (χ0v) is 14.3. The second-order valence-electron chi connectivity index (χ2n) is 5.33. The van der Waals surface area contributed by atoms with E-state index in [1.807, 2.05) is 0 Å². The van der Waals surface area contributed by atoms with Crippen LogP contribution in [-0.4, -0.2) is 36.0 Å². The van der Waals surface area contributed by atoms with Gasteiger partial charge in [-0.3, -0.25) is 19.2 Å². The summed E-state index contributed by atoms with van der Waals surface area (Å²) in [6, 6.07) is 4.21. The predicted octanol–water partition coefficient (Wildman–Crippen LogP) is 1.70. The molecule has 1 rings (SSSR count). The molecule has 0 bridgehead atoms. The summed E-state index contributed by atoms with van der Waals surface area (Å²) in [6.45, 7) is 4.32. The number of hydrogen-bond acceptors (Lipinski definition) is 6. The minimum absolute atomic E-state index is 0.0272. The molecule has 0 aliphatic carbocycles. The van der Waals surface area contributed by atoms with Crippen molar-refractivity contribution in [1.82, 2.24) is 0 Å². The molecule has 0 unspecified atom stereocenters. The van der Waals surface area contributed by atoms with Crippen LogP contribution in [0.4, 0.5) is 11.4 Å². The fraction of sp³-hybridized carbons (Fsp3) is 0.353. The minimum atomic E-state index is -0.691. The Labute approximate surface area is 144 Å². The molecule has 8 heteroatoms. The molecule has 1 aromatic rings. The van der Waals surface area contributed by atoms with E-state index in [1.165, 1.54) is 32.0 Å². The van der Waals surface area contributed by atoms with Gasteiger partial charge in [-0.05, 0) is 39.0 Å². The lowest BCUT2D eigenvalue weighted by Crippen LogP contribution is -2.19. The van der Waals surface area contributed by atoms with Gasteiger partial charge in [0.25, 0.3) is 0 Å². The number of carbonyl (C=O) groups excluding carboxylic acids is 5. The highest BCUT2D eigenvalue weighted by atomic mass is 16.5. The third kappa shape index (κ3) is 6.94. The molecule has 1 aromatic carbocycles. The van der Waals surface area contributed by atoms with Crippen molar-refractivity contribution in [2.75, 3.05) is 17.2 Å². The Bertz CT molecular complexity index is 711. The van der Waals surface area contributed by atoms with E-state index in [9.17, 15) is 24.0 Å². The smallest absolute Gasteiger partial charge is 0.340 e. The van der Waals surface area contributed by atoms with Crippen molar-refractivity contribution in [2.45, 2.75) is 33.6 Å². The third-order valence-electron chi connectivity index (χ3n) is 2.89. The van der Waals surface area contributed by atoms with Gasteiger partial charge in [0.2, 0.25) is 11.8 Å². The van der Waals surface area contributed by atoms with E-state index in [0.717, 1.165) is 0 Å². The molecule has 0 radical (unpaired) electrons. The van der Waals surface area contributed by atoms with E-state index in [1.54, 1.807) is 6.92 Å². The maximum atomic E-state index is 12.1. The summed E-state index contributed by atoms with van der Waals surface area (Å²) in [5.74, 6) is -2.38. The van der Waals surface area contributed by atoms with Gasteiger partial charge in [0.05, 0.1) is 30.7 Å². The number of anilines is 2. The van der Waals surface area contributed by atoms with Crippen LogP contribution in [0, 0.1) is 0 Å². The van der Waals surface area contributed by atoms with Crippen molar-refractivity contribution >= 4 is 40.7 Å². The van der Waals surface area contributed by atoms with Gasteiger partial charge in [0.1, 0.15) is 11.6 Å². The van der Waals surface area contributed by atoms with Gasteiger partial charge >= 0.3 is 5.97 Å². The van der Waals surface area contributed by atoms with Crippen molar-refractivity contribution in [3.05, 3.63) is 23.8 Å². The van der Waals surface area contributed by atoms with Crippen LogP contribution in [0.1, 0.15) is 44.0 Å². The van der Waals surface area contributed by atoms with Crippen molar-refractivity contribution < 1.29 is 28.7 Å². The monoisotopic (exact) mass is 348 g/mol. The highest BCUT2D eigenvalue weighted by Crippen LogP contribution is 2.22. The highest BCUT2D eigenvalue weighted by Gasteiger charge is 2.17. The van der Waals surface area contributed by atoms with Gasteiger partial charge < -0.3 is 15.4 Å². The van der Waals surface area contributed by atoms with Crippen LogP contribution in [0.3, 0.4) is 0 Å². The molecule has 0 atom stereocenters. The van der Waals surface area contributed by atoms with Gasteiger partial charge in [-0.2, -0.15) is 0 Å². The number of amides is 2. The zero-order chi connectivity index (χ0) is 19.0. The van der Waals surface area contributed by atoms with Crippen molar-refractivity contribution in [1.29, 1.82) is 0 Å². The Balaban J connectivity index is 3.06. The lowest BCUT2D eigenvalue weighted by Gasteiger charge is -2.12. The summed E-state index contributed by atoms with van der Waals surface area (Å²) < 4.78 is 4.93. The molecule has 2 amide bonds. The van der Waals surface area contributed by atoms with E-state index in [2.05, 4.69) is 10.6 Å². The normalized spacial score (nSPS) is 9.88. The molecule has 0 aliphatic rings. The standard InChI is InChI=1S/C17H20N2O6/c1-4-25-17(24)13-9-12(18-15(22)7-10(2)20)5-6-14(13)19-16(23)8-11(3)21/h5-6,9H,4,7-8H2,1-3H3,(H,18,22)(H,19,23). The number of hydrogen-bond donors (Lipinski definition) is 2. The fourth-order valence-corrected chi connectivity index (χ4v) is 1.96.